The third-order valence-corrected chi connectivity index (χ3v) is 12.2. The first kappa shape index (κ1) is 68.1. The highest BCUT2D eigenvalue weighted by molar-refractivity contribution is 5.95. The van der Waals surface area contributed by atoms with Crippen LogP contribution in [0.25, 0.3) is 0 Å². The summed E-state index contributed by atoms with van der Waals surface area (Å²) in [5.74, 6) is -8.20. The molecule has 0 aromatic heterocycles. The molecule has 4 aromatic carbocycles. The number of nitrogens with two attached hydrogens (primary N) is 2. The SMILES string of the molecule is CC(C)(C)OC(=O)C[C@H](NC(=O)[C@@H](N)CCNC(=O)CCC(=O)NCC[C@H](NC(=O)[C@H](Cc1ccc(O)cc1)NC(=O)OC(C)(C)C)C(=O)NCC(=O)OCC(=O)NC(c1ccccc1)c1ccccc1)C(=O)N[C@@H](Cc1ccccc1)C(N)=O. The van der Waals surface area contributed by atoms with E-state index in [2.05, 4.69) is 42.5 Å². The molecule has 0 bridgehead atoms. The maximum Gasteiger partial charge on any atom is 0.408 e. The average molecular weight is 1180 g/mol. The molecule has 0 heterocycles. The number of phenols is 1. The molecule has 0 radical (unpaired) electrons. The Hall–Kier alpha value is -9.39. The molecular weight excluding hydrogens is 1100 g/mol. The van der Waals surface area contributed by atoms with E-state index in [0.717, 1.165) is 11.1 Å². The lowest BCUT2D eigenvalue weighted by atomic mass is 9.99. The number of ether oxygens (including phenoxy) is 3. The van der Waals surface area contributed by atoms with Crippen LogP contribution in [0.15, 0.2) is 115 Å². The fourth-order valence-corrected chi connectivity index (χ4v) is 8.04. The van der Waals surface area contributed by atoms with Crippen molar-refractivity contribution in [3.05, 3.63) is 138 Å². The van der Waals surface area contributed by atoms with E-state index in [1.165, 1.54) is 24.3 Å². The molecule has 25 nitrogen and oxygen atoms in total. The number of benzene rings is 4. The van der Waals surface area contributed by atoms with Gasteiger partial charge in [0, 0.05) is 38.8 Å². The van der Waals surface area contributed by atoms with Crippen molar-refractivity contribution in [2.24, 2.45) is 11.5 Å². The molecule has 0 fully saturated rings. The van der Waals surface area contributed by atoms with Crippen LogP contribution in [0.2, 0.25) is 0 Å². The Morgan fingerprint density at radius 3 is 1.52 bits per heavy atom. The van der Waals surface area contributed by atoms with E-state index in [-0.39, 0.29) is 57.4 Å². The van der Waals surface area contributed by atoms with E-state index >= 15 is 0 Å². The highest BCUT2D eigenvalue weighted by Gasteiger charge is 2.33. The van der Waals surface area contributed by atoms with E-state index < -0.39 is 132 Å². The van der Waals surface area contributed by atoms with Gasteiger partial charge < -0.3 is 73.3 Å². The van der Waals surface area contributed by atoms with Gasteiger partial charge in [-0.3, -0.25) is 47.9 Å². The van der Waals surface area contributed by atoms with Crippen LogP contribution < -0.4 is 54.0 Å². The van der Waals surface area contributed by atoms with Crippen molar-refractivity contribution < 1.29 is 72.1 Å². The molecule has 458 valence electrons. The standard InChI is InChI=1S/C60H78N10O15/c1-59(2,3)84-50(75)34-46(57(81)67-44(53(62)77)32-37-16-10-7-11-17-37)68-54(78)42(61)28-30-63-47(72)26-27-48(73)64-31-29-43(66-56(80)45(69-58(82)85-60(4,5)6)33-38-22-24-41(71)25-23-38)55(79)65-35-51(76)83-36-49(74)70-52(39-18-12-8-13-19-39)40-20-14-9-15-21-40/h7-25,42-46,52,71H,26-36,61H2,1-6H3,(H2,62,77)(H,63,72)(H,64,73)(H,65,79)(H,66,80)(H,67,81)(H,68,78)(H,69,82)(H,70,74)/t42-,43-,44-,45-,46-/m0/s1. The minimum absolute atomic E-state index is 0.0253. The molecule has 13 N–H and O–H groups in total. The van der Waals surface area contributed by atoms with Crippen LogP contribution >= 0.6 is 0 Å². The third kappa shape index (κ3) is 26.6. The van der Waals surface area contributed by atoms with Gasteiger partial charge in [-0.25, -0.2) is 4.79 Å². The van der Waals surface area contributed by atoms with Crippen molar-refractivity contribution in [3.8, 4) is 5.75 Å². The molecule has 0 saturated heterocycles. The second-order valence-corrected chi connectivity index (χ2v) is 21.7. The van der Waals surface area contributed by atoms with E-state index in [0.29, 0.717) is 11.1 Å². The van der Waals surface area contributed by atoms with Crippen molar-refractivity contribution in [3.63, 3.8) is 0 Å². The molecular formula is C60H78N10O15. The van der Waals surface area contributed by atoms with Crippen molar-refractivity contribution in [1.29, 1.82) is 0 Å². The highest BCUT2D eigenvalue weighted by atomic mass is 16.6. The molecule has 0 unspecified atom stereocenters. The van der Waals surface area contributed by atoms with Gasteiger partial charge in [-0.15, -0.1) is 0 Å². The van der Waals surface area contributed by atoms with E-state index in [9.17, 15) is 57.8 Å². The number of nitrogens with one attached hydrogen (secondary N) is 8. The zero-order chi connectivity index (χ0) is 62.7. The lowest BCUT2D eigenvalue weighted by Gasteiger charge is -2.25. The highest BCUT2D eigenvalue weighted by Crippen LogP contribution is 2.22. The molecule has 25 heteroatoms. The summed E-state index contributed by atoms with van der Waals surface area (Å²) in [4.78, 5) is 144. The summed E-state index contributed by atoms with van der Waals surface area (Å²) in [6, 6.07) is 25.3. The number of carbonyl (C=O) groups excluding carboxylic acids is 11. The second kappa shape index (κ2) is 33.6. The molecule has 5 atom stereocenters. The van der Waals surface area contributed by atoms with Crippen LogP contribution in [0.4, 0.5) is 4.79 Å². The smallest absolute Gasteiger partial charge is 0.408 e. The Bertz CT molecular complexity index is 2860. The van der Waals surface area contributed by atoms with Crippen LogP contribution in [0.3, 0.4) is 0 Å². The van der Waals surface area contributed by atoms with Crippen molar-refractivity contribution in [2.45, 2.75) is 134 Å². The van der Waals surface area contributed by atoms with Crippen LogP contribution in [0, 0.1) is 0 Å². The quantitative estimate of drug-likeness (QED) is 0.0251. The minimum atomic E-state index is -1.54. The van der Waals surface area contributed by atoms with Gasteiger partial charge in [-0.1, -0.05) is 103 Å². The number of hydrogen-bond donors (Lipinski definition) is 11. The fourth-order valence-electron chi connectivity index (χ4n) is 8.04. The Labute approximate surface area is 493 Å². The van der Waals surface area contributed by atoms with Crippen LogP contribution in [0.5, 0.6) is 5.75 Å². The van der Waals surface area contributed by atoms with Gasteiger partial charge in [-0.2, -0.15) is 0 Å². The van der Waals surface area contributed by atoms with Crippen LogP contribution in [-0.4, -0.2) is 138 Å². The summed E-state index contributed by atoms with van der Waals surface area (Å²) < 4.78 is 15.9. The number of amides is 9. The molecule has 4 rings (SSSR count). The summed E-state index contributed by atoms with van der Waals surface area (Å²) in [6.45, 7) is 7.82. The lowest BCUT2D eigenvalue weighted by Crippen LogP contribution is -2.56. The average Bonchev–Trinajstić information content (AvgIpc) is 3.51. The molecule has 4 aromatic rings. The summed E-state index contributed by atoms with van der Waals surface area (Å²) in [5, 5.41) is 30.2. The van der Waals surface area contributed by atoms with Crippen LogP contribution in [0.1, 0.15) is 102 Å². The summed E-state index contributed by atoms with van der Waals surface area (Å²) >= 11 is 0. The van der Waals surface area contributed by atoms with E-state index in [1.807, 2.05) is 60.7 Å². The molecule has 0 spiro atoms. The summed E-state index contributed by atoms with van der Waals surface area (Å²) in [6.07, 6.45) is -2.83. The van der Waals surface area contributed by atoms with E-state index in [4.69, 9.17) is 25.7 Å². The number of aromatic hydroxyl groups is 1. The second-order valence-electron chi connectivity index (χ2n) is 21.7. The first-order valence-electron chi connectivity index (χ1n) is 27.5. The predicted molar refractivity (Wildman–Crippen MR) is 310 cm³/mol. The Balaban J connectivity index is 1.34. The largest absolute Gasteiger partial charge is 0.508 e. The molecule has 9 amide bonds. The van der Waals surface area contributed by atoms with E-state index in [1.54, 1.807) is 71.9 Å². The topological polar surface area (TPSA) is 384 Å². The number of phenolic OH excluding ortho intramolecular Hbond substituents is 1. The number of esters is 2. The van der Waals surface area contributed by atoms with Gasteiger partial charge in [-0.05, 0) is 88.8 Å². The minimum Gasteiger partial charge on any atom is -0.508 e. The maximum absolute atomic E-state index is 14.0. The summed E-state index contributed by atoms with van der Waals surface area (Å²) in [7, 11) is 0. The monoisotopic (exact) mass is 1180 g/mol. The number of primary amides is 1. The maximum atomic E-state index is 14.0. The fraction of sp³-hybridized carbons (Fsp3) is 0.417. The molecule has 0 aliphatic rings. The first-order chi connectivity index (χ1) is 40.1. The summed E-state index contributed by atoms with van der Waals surface area (Å²) in [5.41, 5.74) is 12.5. The number of carbonyl (C=O) groups is 11. The number of hydrogen-bond acceptors (Lipinski definition) is 16. The van der Waals surface area contributed by atoms with Crippen molar-refractivity contribution in [2.75, 3.05) is 26.2 Å². The van der Waals surface area contributed by atoms with Gasteiger partial charge in [0.25, 0.3) is 5.91 Å². The van der Waals surface area contributed by atoms with Crippen molar-refractivity contribution >= 4 is 65.3 Å². The van der Waals surface area contributed by atoms with Gasteiger partial charge in [0.05, 0.1) is 18.5 Å². The Morgan fingerprint density at radius 1 is 0.494 bits per heavy atom. The van der Waals surface area contributed by atoms with Crippen LogP contribution in [-0.2, 0) is 75.0 Å². The van der Waals surface area contributed by atoms with Gasteiger partial charge >= 0.3 is 18.0 Å². The predicted octanol–water partition coefficient (Wildman–Crippen LogP) is 1.43. The first-order valence-corrected chi connectivity index (χ1v) is 27.5. The number of alkyl carbamates (subject to hydrolysis) is 1. The van der Waals surface area contributed by atoms with Crippen molar-refractivity contribution in [1.82, 2.24) is 42.5 Å². The number of rotatable bonds is 31. The molecule has 0 saturated carbocycles. The normalized spacial score (nSPS) is 12.9. The third-order valence-electron chi connectivity index (χ3n) is 12.2. The van der Waals surface area contributed by atoms with Gasteiger partial charge in [0.15, 0.2) is 6.61 Å². The zero-order valence-electron chi connectivity index (χ0n) is 48.5. The molecule has 0 aliphatic heterocycles. The van der Waals surface area contributed by atoms with Gasteiger partial charge in [0.1, 0.15) is 47.7 Å². The Morgan fingerprint density at radius 2 is 0.976 bits per heavy atom. The lowest BCUT2D eigenvalue weighted by molar-refractivity contribution is -0.156. The van der Waals surface area contributed by atoms with Gasteiger partial charge in [0.2, 0.25) is 41.4 Å². The zero-order valence-corrected chi connectivity index (χ0v) is 48.5. The molecule has 85 heavy (non-hydrogen) atoms. The Kier molecular flexibility index (Phi) is 27.0. The molecule has 0 aliphatic carbocycles.